The van der Waals surface area contributed by atoms with E-state index >= 15 is 0 Å². The number of nitrogens with zero attached hydrogens (tertiary/aromatic N) is 2. The highest BCUT2D eigenvalue weighted by Crippen LogP contribution is 2.29. The number of hydrogen-bond acceptors (Lipinski definition) is 4. The van der Waals surface area contributed by atoms with Crippen LogP contribution in [0.3, 0.4) is 0 Å². The van der Waals surface area contributed by atoms with Gasteiger partial charge in [-0.05, 0) is 36.1 Å². The summed E-state index contributed by atoms with van der Waals surface area (Å²) >= 11 is 0. The summed E-state index contributed by atoms with van der Waals surface area (Å²) in [5.41, 5.74) is 2.67. The van der Waals surface area contributed by atoms with Gasteiger partial charge in [0.1, 0.15) is 11.6 Å². The lowest BCUT2D eigenvalue weighted by molar-refractivity contribution is -0.123. The first-order chi connectivity index (χ1) is 15.5. The average Bonchev–Trinajstić information content (AvgIpc) is 3.16. The molecule has 2 aliphatic rings. The molecule has 1 fully saturated rings. The zero-order valence-electron chi connectivity index (χ0n) is 17.1. The minimum Gasteiger partial charge on any atom is -0.356 e. The molecule has 3 aromatic rings. The van der Waals surface area contributed by atoms with E-state index in [2.05, 4.69) is 20.6 Å². The molecule has 6 nitrogen and oxygen atoms in total. The van der Waals surface area contributed by atoms with Crippen molar-refractivity contribution in [1.29, 1.82) is 0 Å². The number of hydrogen-bond donors (Lipinski definition) is 2. The number of carbonyl (C=O) groups excluding carboxylic acids is 2. The third kappa shape index (κ3) is 3.62. The molecule has 5 rings (SSSR count). The average molecular weight is 434 g/mol. The Balaban J connectivity index is 1.50. The fourth-order valence-electron chi connectivity index (χ4n) is 4.30. The molecule has 0 aliphatic carbocycles. The number of piperidine rings is 1. The molecule has 0 radical (unpaired) electrons. The Morgan fingerprint density at radius 3 is 2.41 bits per heavy atom. The van der Waals surface area contributed by atoms with Gasteiger partial charge in [-0.2, -0.15) is 0 Å². The van der Waals surface area contributed by atoms with Gasteiger partial charge in [0, 0.05) is 13.0 Å². The van der Waals surface area contributed by atoms with Crippen LogP contribution in [0.4, 0.5) is 8.78 Å². The van der Waals surface area contributed by atoms with Crippen molar-refractivity contribution < 1.29 is 18.4 Å². The van der Waals surface area contributed by atoms with E-state index in [1.165, 1.54) is 6.07 Å². The minimum absolute atomic E-state index is 0.0332. The van der Waals surface area contributed by atoms with Crippen LogP contribution in [0.2, 0.25) is 0 Å². The number of fused-ring (bicyclic) bond motifs is 1. The molecule has 1 aromatic heterocycles. The van der Waals surface area contributed by atoms with Crippen molar-refractivity contribution in [3.63, 3.8) is 0 Å². The Kier molecular flexibility index (Phi) is 5.13. The van der Waals surface area contributed by atoms with E-state index in [0.717, 1.165) is 36.1 Å². The van der Waals surface area contributed by atoms with Gasteiger partial charge in [0.25, 0.3) is 5.91 Å². The summed E-state index contributed by atoms with van der Waals surface area (Å²) in [6.45, 7) is 0.891. The molecule has 8 heteroatoms. The van der Waals surface area contributed by atoms with Gasteiger partial charge in [-0.1, -0.05) is 30.3 Å². The van der Waals surface area contributed by atoms with Gasteiger partial charge >= 0.3 is 0 Å². The second kappa shape index (κ2) is 8.11. The molecule has 3 heterocycles. The van der Waals surface area contributed by atoms with Crippen molar-refractivity contribution in [2.45, 2.75) is 31.7 Å². The van der Waals surface area contributed by atoms with Crippen LogP contribution in [0.25, 0.3) is 11.4 Å². The summed E-state index contributed by atoms with van der Waals surface area (Å²) in [5.74, 6) is -2.03. The van der Waals surface area contributed by atoms with Crippen molar-refractivity contribution in [3.8, 4) is 11.4 Å². The smallest absolute Gasteiger partial charge is 0.255 e. The number of rotatable bonds is 4. The van der Waals surface area contributed by atoms with E-state index in [4.69, 9.17) is 0 Å². The van der Waals surface area contributed by atoms with Gasteiger partial charge in [-0.25, -0.2) is 18.7 Å². The van der Waals surface area contributed by atoms with Gasteiger partial charge in [0.2, 0.25) is 5.91 Å². The van der Waals surface area contributed by atoms with Gasteiger partial charge in [0.05, 0.1) is 35.0 Å². The van der Waals surface area contributed by atoms with E-state index < -0.39 is 11.6 Å². The van der Waals surface area contributed by atoms with Crippen LogP contribution in [0.1, 0.15) is 51.6 Å². The molecule has 2 amide bonds. The second-order valence-corrected chi connectivity index (χ2v) is 8.00. The fraction of sp³-hybridized carbons (Fsp3) is 0.250. The van der Waals surface area contributed by atoms with Crippen molar-refractivity contribution in [3.05, 3.63) is 82.2 Å². The van der Waals surface area contributed by atoms with Gasteiger partial charge in [-0.3, -0.25) is 9.59 Å². The van der Waals surface area contributed by atoms with Crippen LogP contribution in [0, 0.1) is 11.6 Å². The third-order valence-electron chi connectivity index (χ3n) is 5.93. The molecule has 1 saturated heterocycles. The topological polar surface area (TPSA) is 84.0 Å². The van der Waals surface area contributed by atoms with Crippen LogP contribution in [0.5, 0.6) is 0 Å². The van der Waals surface area contributed by atoms with Crippen molar-refractivity contribution in [2.75, 3.05) is 6.54 Å². The van der Waals surface area contributed by atoms with E-state index in [1.807, 2.05) is 24.3 Å². The molecule has 32 heavy (non-hydrogen) atoms. The Morgan fingerprint density at radius 1 is 0.938 bits per heavy atom. The molecule has 162 valence electrons. The minimum atomic E-state index is -0.761. The number of nitrogens with one attached hydrogen (secondary N) is 2. The highest BCUT2D eigenvalue weighted by Gasteiger charge is 2.28. The van der Waals surface area contributed by atoms with Crippen molar-refractivity contribution >= 4 is 11.8 Å². The fourth-order valence-corrected chi connectivity index (χ4v) is 4.30. The highest BCUT2D eigenvalue weighted by atomic mass is 19.1. The lowest BCUT2D eigenvalue weighted by Gasteiger charge is -2.22. The first-order valence-corrected chi connectivity index (χ1v) is 10.5. The largest absolute Gasteiger partial charge is 0.356 e. The summed E-state index contributed by atoms with van der Waals surface area (Å²) < 4.78 is 28.7. The predicted molar refractivity (Wildman–Crippen MR) is 113 cm³/mol. The van der Waals surface area contributed by atoms with Gasteiger partial charge in [-0.15, -0.1) is 0 Å². The van der Waals surface area contributed by atoms with Crippen LogP contribution in [0.15, 0.2) is 42.5 Å². The molecular weight excluding hydrogens is 414 g/mol. The zero-order valence-corrected chi connectivity index (χ0v) is 17.1. The summed E-state index contributed by atoms with van der Waals surface area (Å²) in [6.07, 6.45) is 2.04. The maximum absolute atomic E-state index is 14.3. The molecule has 2 N–H and O–H groups in total. The third-order valence-corrected chi connectivity index (χ3v) is 5.93. The molecular formula is C24H20F2N4O2. The second-order valence-electron chi connectivity index (χ2n) is 8.00. The highest BCUT2D eigenvalue weighted by molar-refractivity contribution is 5.99. The molecule has 0 saturated carbocycles. The molecule has 0 spiro atoms. The Labute approximate surface area is 183 Å². The molecule has 2 aliphatic heterocycles. The maximum Gasteiger partial charge on any atom is 0.255 e. The lowest BCUT2D eigenvalue weighted by atomic mass is 9.90. The molecule has 2 aromatic carbocycles. The predicted octanol–water partition coefficient (Wildman–Crippen LogP) is 3.25. The Morgan fingerprint density at radius 2 is 1.69 bits per heavy atom. The number of halogens is 2. The number of carbonyl (C=O) groups is 2. The summed E-state index contributed by atoms with van der Waals surface area (Å²) in [5, 5.41) is 5.59. The van der Waals surface area contributed by atoms with E-state index in [1.54, 1.807) is 0 Å². The first-order valence-electron chi connectivity index (χ1n) is 10.5. The lowest BCUT2D eigenvalue weighted by Crippen LogP contribution is -2.35. The first kappa shape index (κ1) is 20.2. The zero-order chi connectivity index (χ0) is 22.2. The van der Waals surface area contributed by atoms with E-state index in [9.17, 15) is 18.4 Å². The SMILES string of the molecule is O=C1NCc2nc(-c3c(F)cccc3F)nc(Cc3ccc(C4CCCNC4=O)cc3)c21. The monoisotopic (exact) mass is 434 g/mol. The quantitative estimate of drug-likeness (QED) is 0.660. The molecule has 1 atom stereocenters. The standard InChI is InChI=1S/C24H20F2N4O2/c25-16-4-1-5-17(26)20(16)22-29-18(21-19(30-22)12-28-24(21)32)11-13-6-8-14(9-7-13)15-3-2-10-27-23(15)31/h1,4-9,15H,2-3,10-12H2,(H,27,31)(H,28,32). The van der Waals surface area contributed by atoms with Crippen molar-refractivity contribution in [1.82, 2.24) is 20.6 Å². The summed E-state index contributed by atoms with van der Waals surface area (Å²) in [7, 11) is 0. The summed E-state index contributed by atoms with van der Waals surface area (Å²) in [6, 6.07) is 11.2. The number of aromatic nitrogens is 2. The van der Waals surface area contributed by atoms with E-state index in [0.29, 0.717) is 29.9 Å². The maximum atomic E-state index is 14.3. The molecule has 0 bridgehead atoms. The van der Waals surface area contributed by atoms with Crippen LogP contribution in [-0.4, -0.2) is 28.3 Å². The van der Waals surface area contributed by atoms with Gasteiger partial charge in [0.15, 0.2) is 5.82 Å². The summed E-state index contributed by atoms with van der Waals surface area (Å²) in [4.78, 5) is 33.2. The number of amides is 2. The van der Waals surface area contributed by atoms with Gasteiger partial charge < -0.3 is 10.6 Å². The Hall–Kier alpha value is -3.68. The van der Waals surface area contributed by atoms with Crippen LogP contribution in [-0.2, 0) is 17.8 Å². The Bertz CT molecular complexity index is 1210. The van der Waals surface area contributed by atoms with Crippen LogP contribution >= 0.6 is 0 Å². The number of benzene rings is 2. The van der Waals surface area contributed by atoms with Crippen LogP contribution < -0.4 is 10.6 Å². The molecule has 1 unspecified atom stereocenters. The van der Waals surface area contributed by atoms with E-state index in [-0.39, 0.29) is 35.7 Å². The normalized spacial score (nSPS) is 17.6. The van der Waals surface area contributed by atoms with Crippen molar-refractivity contribution in [2.24, 2.45) is 0 Å².